The minimum Gasteiger partial charge on any atom is -0.482 e. The second-order valence-electron chi connectivity index (χ2n) is 8.26. The Bertz CT molecular complexity index is 661. The number of carbonyl (C=O) groups is 1. The van der Waals surface area contributed by atoms with Crippen LogP contribution in [0.3, 0.4) is 0 Å². The first-order chi connectivity index (χ1) is 15.5. The van der Waals surface area contributed by atoms with E-state index in [0.29, 0.717) is 15.9 Å². The Kier molecular flexibility index (Phi) is 17.9. The van der Waals surface area contributed by atoms with Gasteiger partial charge in [-0.15, -0.1) is 0 Å². The van der Waals surface area contributed by atoms with Crippen molar-refractivity contribution in [2.24, 2.45) is 0 Å². The fourth-order valence-electron chi connectivity index (χ4n) is 3.46. The topological polar surface area (TPSA) is 50.4 Å². The molecule has 4 nitrogen and oxygen atoms in total. The molecular formula is C25H40BrClN2O2S. The smallest absolute Gasteiger partial charge is 0.264 e. The number of rotatable bonds is 18. The summed E-state index contributed by atoms with van der Waals surface area (Å²) < 4.78 is 6.29. The molecule has 7 heteroatoms. The van der Waals surface area contributed by atoms with Crippen LogP contribution in [0, 0.1) is 0 Å². The van der Waals surface area contributed by atoms with Gasteiger partial charge in [-0.2, -0.15) is 0 Å². The molecule has 0 fully saturated rings. The van der Waals surface area contributed by atoms with Gasteiger partial charge in [0.15, 0.2) is 11.7 Å². The molecule has 0 saturated carbocycles. The lowest BCUT2D eigenvalue weighted by Gasteiger charge is -2.11. The maximum absolute atomic E-state index is 11.9. The fourth-order valence-corrected chi connectivity index (χ4v) is 4.41. The second kappa shape index (κ2) is 19.6. The minimum atomic E-state index is -0.303. The van der Waals surface area contributed by atoms with Crippen LogP contribution in [0.1, 0.15) is 96.8 Å². The molecule has 0 radical (unpaired) electrons. The number of hydrogen-bond donors (Lipinski definition) is 2. The molecule has 0 aliphatic carbocycles. The third-order valence-electron chi connectivity index (χ3n) is 5.32. The predicted molar refractivity (Wildman–Crippen MR) is 144 cm³/mol. The zero-order valence-corrected chi connectivity index (χ0v) is 22.7. The van der Waals surface area contributed by atoms with Gasteiger partial charge in [0.2, 0.25) is 0 Å². The van der Waals surface area contributed by atoms with Crippen LogP contribution < -0.4 is 15.4 Å². The van der Waals surface area contributed by atoms with Crippen LogP contribution in [-0.2, 0) is 4.79 Å². The van der Waals surface area contributed by atoms with Crippen molar-refractivity contribution >= 4 is 50.8 Å². The average Bonchev–Trinajstić information content (AvgIpc) is 2.75. The summed E-state index contributed by atoms with van der Waals surface area (Å²) in [5.74, 6) is 0.161. The van der Waals surface area contributed by atoms with Gasteiger partial charge in [0.1, 0.15) is 5.75 Å². The van der Waals surface area contributed by atoms with Crippen LogP contribution in [-0.4, -0.2) is 24.2 Å². The number of thiocarbonyl (C=S) groups is 1. The van der Waals surface area contributed by atoms with Gasteiger partial charge in [-0.25, -0.2) is 0 Å². The lowest BCUT2D eigenvalue weighted by atomic mass is 10.0. The zero-order valence-electron chi connectivity index (χ0n) is 19.5. The van der Waals surface area contributed by atoms with Crippen LogP contribution >= 0.6 is 39.7 Å². The standard InChI is InChI=1S/C25H40BrClN2O2S/c1-2-3-4-5-6-7-8-9-10-11-12-13-14-15-18-28-25(32)29-24(30)20-31-23-17-16-21(26)19-22(23)27/h16-17,19H,2-15,18,20H2,1H3,(H2,28,29,30,32). The number of nitrogens with one attached hydrogen (secondary N) is 2. The molecule has 0 atom stereocenters. The van der Waals surface area contributed by atoms with Crippen molar-refractivity contribution < 1.29 is 9.53 Å². The fraction of sp³-hybridized carbons (Fsp3) is 0.680. The van der Waals surface area contributed by atoms with Crippen molar-refractivity contribution in [2.75, 3.05) is 13.2 Å². The molecule has 32 heavy (non-hydrogen) atoms. The zero-order chi connectivity index (χ0) is 23.4. The number of unbranched alkanes of at least 4 members (excludes halogenated alkanes) is 13. The highest BCUT2D eigenvalue weighted by molar-refractivity contribution is 9.10. The number of hydrogen-bond acceptors (Lipinski definition) is 3. The van der Waals surface area contributed by atoms with Gasteiger partial charge in [0.25, 0.3) is 5.91 Å². The first kappa shape index (κ1) is 29.2. The van der Waals surface area contributed by atoms with E-state index < -0.39 is 0 Å². The van der Waals surface area contributed by atoms with Crippen molar-refractivity contribution in [1.29, 1.82) is 0 Å². The Morgan fingerprint density at radius 3 is 2.00 bits per heavy atom. The average molecular weight is 548 g/mol. The highest BCUT2D eigenvalue weighted by atomic mass is 79.9. The molecule has 182 valence electrons. The Balaban J connectivity index is 1.90. The quantitative estimate of drug-likeness (QED) is 0.145. The Hall–Kier alpha value is -0.850. The summed E-state index contributed by atoms with van der Waals surface area (Å²) in [5, 5.41) is 6.51. The molecule has 1 rings (SSSR count). The van der Waals surface area contributed by atoms with Gasteiger partial charge in [0.05, 0.1) is 5.02 Å². The number of amides is 1. The molecular weight excluding hydrogens is 508 g/mol. The molecule has 1 aromatic carbocycles. The molecule has 2 N–H and O–H groups in total. The van der Waals surface area contributed by atoms with E-state index in [1.54, 1.807) is 12.1 Å². The maximum Gasteiger partial charge on any atom is 0.264 e. The van der Waals surface area contributed by atoms with E-state index in [4.69, 9.17) is 28.6 Å². The molecule has 0 heterocycles. The summed E-state index contributed by atoms with van der Waals surface area (Å²) >= 11 is 14.6. The molecule has 0 saturated heterocycles. The van der Waals surface area contributed by atoms with Crippen LogP contribution in [0.15, 0.2) is 22.7 Å². The summed E-state index contributed by atoms with van der Waals surface area (Å²) in [7, 11) is 0. The van der Waals surface area contributed by atoms with Gasteiger partial charge in [0, 0.05) is 11.0 Å². The molecule has 0 unspecified atom stereocenters. The third kappa shape index (κ3) is 15.9. The van der Waals surface area contributed by atoms with Gasteiger partial charge < -0.3 is 15.4 Å². The third-order valence-corrected chi connectivity index (χ3v) is 6.36. The van der Waals surface area contributed by atoms with E-state index in [1.165, 1.54) is 83.5 Å². The monoisotopic (exact) mass is 546 g/mol. The van der Waals surface area contributed by atoms with E-state index in [2.05, 4.69) is 33.5 Å². The highest BCUT2D eigenvalue weighted by Crippen LogP contribution is 2.27. The van der Waals surface area contributed by atoms with E-state index in [-0.39, 0.29) is 12.5 Å². The van der Waals surface area contributed by atoms with Gasteiger partial charge in [-0.05, 0) is 36.8 Å². The largest absolute Gasteiger partial charge is 0.482 e. The number of benzene rings is 1. The lowest BCUT2D eigenvalue weighted by molar-refractivity contribution is -0.121. The van der Waals surface area contributed by atoms with Crippen molar-refractivity contribution in [1.82, 2.24) is 10.6 Å². The van der Waals surface area contributed by atoms with Crippen LogP contribution in [0.2, 0.25) is 5.02 Å². The number of ether oxygens (including phenoxy) is 1. The number of halogens is 2. The number of carbonyl (C=O) groups excluding carboxylic acids is 1. The first-order valence-electron chi connectivity index (χ1n) is 12.2. The molecule has 0 spiro atoms. The Labute approximate surface area is 213 Å². The van der Waals surface area contributed by atoms with Crippen molar-refractivity contribution in [2.45, 2.75) is 96.8 Å². The van der Waals surface area contributed by atoms with E-state index >= 15 is 0 Å². The molecule has 0 aromatic heterocycles. The second-order valence-corrected chi connectivity index (χ2v) is 9.99. The molecule has 1 aromatic rings. The van der Waals surface area contributed by atoms with Gasteiger partial charge >= 0.3 is 0 Å². The SMILES string of the molecule is CCCCCCCCCCCCCCCCNC(=S)NC(=O)COc1ccc(Br)cc1Cl. The van der Waals surface area contributed by atoms with Crippen LogP contribution in [0.4, 0.5) is 0 Å². The van der Waals surface area contributed by atoms with E-state index in [9.17, 15) is 4.79 Å². The summed E-state index contributed by atoms with van der Waals surface area (Å²) in [6.07, 6.45) is 18.7. The van der Waals surface area contributed by atoms with E-state index in [1.807, 2.05) is 6.07 Å². The van der Waals surface area contributed by atoms with Crippen molar-refractivity contribution in [3.63, 3.8) is 0 Å². The molecule has 1 amide bonds. The minimum absolute atomic E-state index is 0.137. The summed E-state index contributed by atoms with van der Waals surface area (Å²) in [5.41, 5.74) is 0. The van der Waals surface area contributed by atoms with Gasteiger partial charge in [-0.1, -0.05) is 118 Å². The van der Waals surface area contributed by atoms with Crippen LogP contribution in [0.25, 0.3) is 0 Å². The van der Waals surface area contributed by atoms with Gasteiger partial charge in [-0.3, -0.25) is 4.79 Å². The normalized spacial score (nSPS) is 10.7. The lowest BCUT2D eigenvalue weighted by Crippen LogP contribution is -2.41. The van der Waals surface area contributed by atoms with E-state index in [0.717, 1.165) is 17.4 Å². The first-order valence-corrected chi connectivity index (χ1v) is 13.8. The molecule has 0 aliphatic heterocycles. The predicted octanol–water partition coefficient (Wildman–Crippen LogP) is 7.95. The maximum atomic E-state index is 11.9. The highest BCUT2D eigenvalue weighted by Gasteiger charge is 2.08. The Morgan fingerprint density at radius 2 is 1.47 bits per heavy atom. The summed E-state index contributed by atoms with van der Waals surface area (Å²) in [6.45, 7) is 2.91. The molecule has 0 aliphatic rings. The molecule has 0 bridgehead atoms. The van der Waals surface area contributed by atoms with Crippen molar-refractivity contribution in [3.8, 4) is 5.75 Å². The van der Waals surface area contributed by atoms with Crippen LogP contribution in [0.5, 0.6) is 5.75 Å². The van der Waals surface area contributed by atoms with Crippen molar-refractivity contribution in [3.05, 3.63) is 27.7 Å². The summed E-state index contributed by atoms with van der Waals surface area (Å²) in [6, 6.07) is 5.24. The summed E-state index contributed by atoms with van der Waals surface area (Å²) in [4.78, 5) is 11.9. The Morgan fingerprint density at radius 1 is 0.938 bits per heavy atom.